The summed E-state index contributed by atoms with van der Waals surface area (Å²) >= 11 is 5.90. The summed E-state index contributed by atoms with van der Waals surface area (Å²) in [6.07, 6.45) is 6.89. The summed E-state index contributed by atoms with van der Waals surface area (Å²) in [5.41, 5.74) is 4.31. The third-order valence-corrected chi connectivity index (χ3v) is 7.35. The van der Waals surface area contributed by atoms with Gasteiger partial charge in [-0.2, -0.15) is 5.10 Å². The van der Waals surface area contributed by atoms with Crippen molar-refractivity contribution in [2.45, 2.75) is 38.1 Å². The molecule has 32 heavy (non-hydrogen) atoms. The van der Waals surface area contributed by atoms with Gasteiger partial charge in [0.2, 0.25) is 0 Å². The second kappa shape index (κ2) is 8.05. The van der Waals surface area contributed by atoms with Gasteiger partial charge in [-0.3, -0.25) is 10.00 Å². The molecule has 6 rings (SSSR count). The van der Waals surface area contributed by atoms with Crippen LogP contribution in [0, 0.1) is 5.82 Å². The maximum absolute atomic E-state index is 14.0. The third kappa shape index (κ3) is 3.53. The van der Waals surface area contributed by atoms with Crippen LogP contribution in [0.1, 0.15) is 32.1 Å². The molecule has 2 N–H and O–H groups in total. The number of fused-ring (bicyclic) bond motifs is 2. The minimum Gasteiger partial charge on any atom is -0.369 e. The molecule has 1 aliphatic carbocycles. The summed E-state index contributed by atoms with van der Waals surface area (Å²) in [7, 11) is 0. The van der Waals surface area contributed by atoms with E-state index in [-0.39, 0.29) is 5.02 Å². The maximum Gasteiger partial charge on any atom is 0.159 e. The molecule has 0 bridgehead atoms. The van der Waals surface area contributed by atoms with Gasteiger partial charge in [0.25, 0.3) is 0 Å². The molecule has 3 heterocycles. The summed E-state index contributed by atoms with van der Waals surface area (Å²) in [5, 5.41) is 8.00. The molecule has 8 heteroatoms. The fraction of sp³-hybridized carbons (Fsp3) is 0.417. The maximum atomic E-state index is 14.0. The minimum atomic E-state index is -0.465. The highest BCUT2D eigenvalue weighted by Gasteiger charge is 2.25. The van der Waals surface area contributed by atoms with Gasteiger partial charge < -0.3 is 9.88 Å². The number of benzene rings is 2. The van der Waals surface area contributed by atoms with Crippen LogP contribution >= 0.6 is 11.6 Å². The predicted molar refractivity (Wildman–Crippen MR) is 127 cm³/mol. The van der Waals surface area contributed by atoms with Crippen LogP contribution in [0.3, 0.4) is 0 Å². The number of rotatable bonds is 3. The smallest absolute Gasteiger partial charge is 0.159 e. The van der Waals surface area contributed by atoms with E-state index in [1.807, 2.05) is 6.07 Å². The van der Waals surface area contributed by atoms with Gasteiger partial charge in [0.1, 0.15) is 11.5 Å². The molecular weight excluding hydrogens is 427 g/mol. The zero-order valence-corrected chi connectivity index (χ0v) is 18.6. The van der Waals surface area contributed by atoms with E-state index in [1.54, 1.807) is 6.07 Å². The van der Waals surface area contributed by atoms with Crippen molar-refractivity contribution >= 4 is 39.2 Å². The van der Waals surface area contributed by atoms with Crippen molar-refractivity contribution in [2.75, 3.05) is 31.1 Å². The first kappa shape index (κ1) is 20.0. The van der Waals surface area contributed by atoms with E-state index in [0.29, 0.717) is 22.4 Å². The first-order valence-corrected chi connectivity index (χ1v) is 11.9. The molecule has 0 amide bonds. The SMILES string of the molecule is Fc1cc2c(-c3nc4ccc(N5CCN(C6CCCCC6)CC5)cc4[nH]3)n[nH]c2cc1Cl. The van der Waals surface area contributed by atoms with Crippen molar-refractivity contribution in [3.8, 4) is 11.5 Å². The number of imidazole rings is 1. The van der Waals surface area contributed by atoms with Crippen LogP contribution in [-0.4, -0.2) is 57.3 Å². The molecule has 2 fully saturated rings. The average molecular weight is 453 g/mol. The average Bonchev–Trinajstić information content (AvgIpc) is 3.43. The number of nitrogens with zero attached hydrogens (tertiary/aromatic N) is 4. The van der Waals surface area contributed by atoms with Crippen molar-refractivity contribution in [1.29, 1.82) is 0 Å². The Balaban J connectivity index is 1.24. The molecule has 0 atom stereocenters. The van der Waals surface area contributed by atoms with E-state index >= 15 is 0 Å². The van der Waals surface area contributed by atoms with Crippen LogP contribution in [0.15, 0.2) is 30.3 Å². The molecular formula is C24H26ClFN6. The topological polar surface area (TPSA) is 63.8 Å². The standard InChI is InChI=1S/C24H26ClFN6/c25-18-14-21-17(13-19(18)26)23(30-29-21)24-27-20-7-6-16(12-22(20)28-24)32-10-8-31(9-11-32)15-4-2-1-3-5-15/h6-7,12-15H,1-5,8-11H2,(H,27,28)(H,29,30). The van der Waals surface area contributed by atoms with Crippen molar-refractivity contribution in [3.05, 3.63) is 41.2 Å². The number of anilines is 1. The van der Waals surface area contributed by atoms with Crippen molar-refractivity contribution in [1.82, 2.24) is 25.1 Å². The minimum absolute atomic E-state index is 0.0746. The van der Waals surface area contributed by atoms with Crippen LogP contribution in [-0.2, 0) is 0 Å². The fourth-order valence-electron chi connectivity index (χ4n) is 5.29. The Hall–Kier alpha value is -2.64. The van der Waals surface area contributed by atoms with E-state index in [9.17, 15) is 4.39 Å². The van der Waals surface area contributed by atoms with Gasteiger partial charge in [0.05, 0.1) is 21.6 Å². The Bertz CT molecular complexity index is 1270. The van der Waals surface area contributed by atoms with Gasteiger partial charge in [-0.1, -0.05) is 30.9 Å². The summed E-state index contributed by atoms with van der Waals surface area (Å²) in [6.45, 7) is 4.36. The van der Waals surface area contributed by atoms with Crippen LogP contribution in [0.4, 0.5) is 10.1 Å². The molecule has 0 radical (unpaired) electrons. The molecule has 4 aromatic rings. The number of hydrogen-bond acceptors (Lipinski definition) is 4. The highest BCUT2D eigenvalue weighted by Crippen LogP contribution is 2.31. The lowest BCUT2D eigenvalue weighted by Crippen LogP contribution is -2.50. The van der Waals surface area contributed by atoms with E-state index in [1.165, 1.54) is 43.9 Å². The molecule has 6 nitrogen and oxygen atoms in total. The monoisotopic (exact) mass is 452 g/mol. The Morgan fingerprint density at radius 1 is 0.969 bits per heavy atom. The van der Waals surface area contributed by atoms with Gasteiger partial charge in [-0.05, 0) is 43.2 Å². The first-order valence-electron chi connectivity index (χ1n) is 11.5. The van der Waals surface area contributed by atoms with Gasteiger partial charge in [-0.15, -0.1) is 0 Å². The molecule has 2 aromatic heterocycles. The lowest BCUT2D eigenvalue weighted by atomic mass is 9.94. The summed E-state index contributed by atoms with van der Waals surface area (Å²) in [5.74, 6) is 0.153. The summed E-state index contributed by atoms with van der Waals surface area (Å²) in [6, 6.07) is 10.1. The van der Waals surface area contributed by atoms with Gasteiger partial charge in [0, 0.05) is 43.3 Å². The number of aromatic amines is 2. The number of hydrogen-bond donors (Lipinski definition) is 2. The molecule has 166 valence electrons. The van der Waals surface area contributed by atoms with E-state index < -0.39 is 5.82 Å². The van der Waals surface area contributed by atoms with Crippen LogP contribution in [0.5, 0.6) is 0 Å². The van der Waals surface area contributed by atoms with E-state index in [4.69, 9.17) is 16.6 Å². The fourth-order valence-corrected chi connectivity index (χ4v) is 5.45. The molecule has 0 spiro atoms. The number of piperazine rings is 1. The zero-order valence-electron chi connectivity index (χ0n) is 17.9. The summed E-state index contributed by atoms with van der Waals surface area (Å²) in [4.78, 5) is 13.2. The molecule has 1 saturated heterocycles. The normalized spacial score (nSPS) is 18.8. The lowest BCUT2D eigenvalue weighted by Gasteiger charge is -2.41. The molecule has 2 aromatic carbocycles. The molecule has 1 saturated carbocycles. The second-order valence-corrected chi connectivity index (χ2v) is 9.39. The van der Waals surface area contributed by atoms with E-state index in [2.05, 4.69) is 37.1 Å². The Morgan fingerprint density at radius 3 is 2.59 bits per heavy atom. The predicted octanol–water partition coefficient (Wildman–Crippen LogP) is 5.35. The van der Waals surface area contributed by atoms with Crippen molar-refractivity contribution in [3.63, 3.8) is 0 Å². The number of halogens is 2. The van der Waals surface area contributed by atoms with Crippen molar-refractivity contribution < 1.29 is 4.39 Å². The lowest BCUT2D eigenvalue weighted by molar-refractivity contribution is 0.148. The largest absolute Gasteiger partial charge is 0.369 e. The highest BCUT2D eigenvalue weighted by molar-refractivity contribution is 6.31. The molecule has 2 aliphatic rings. The number of H-pyrrole nitrogens is 2. The van der Waals surface area contributed by atoms with E-state index in [0.717, 1.165) is 43.3 Å². The van der Waals surface area contributed by atoms with Gasteiger partial charge >= 0.3 is 0 Å². The Labute approximate surface area is 190 Å². The quantitative estimate of drug-likeness (QED) is 0.439. The van der Waals surface area contributed by atoms with Crippen LogP contribution in [0.2, 0.25) is 5.02 Å². The number of aromatic nitrogens is 4. The van der Waals surface area contributed by atoms with Crippen molar-refractivity contribution in [2.24, 2.45) is 0 Å². The molecule has 1 aliphatic heterocycles. The van der Waals surface area contributed by atoms with Gasteiger partial charge in [-0.25, -0.2) is 9.37 Å². The summed E-state index contributed by atoms with van der Waals surface area (Å²) < 4.78 is 14.0. The number of nitrogens with one attached hydrogen (secondary N) is 2. The van der Waals surface area contributed by atoms with Crippen LogP contribution in [0.25, 0.3) is 33.5 Å². The Kier molecular flexibility index (Phi) is 5.03. The highest BCUT2D eigenvalue weighted by atomic mass is 35.5. The van der Waals surface area contributed by atoms with Crippen LogP contribution < -0.4 is 4.90 Å². The second-order valence-electron chi connectivity index (χ2n) is 8.99. The first-order chi connectivity index (χ1) is 15.7. The third-order valence-electron chi connectivity index (χ3n) is 7.06. The Morgan fingerprint density at radius 2 is 1.78 bits per heavy atom. The molecule has 0 unspecified atom stereocenters. The van der Waals surface area contributed by atoms with Gasteiger partial charge in [0.15, 0.2) is 5.82 Å². The zero-order chi connectivity index (χ0) is 21.7.